The van der Waals surface area contributed by atoms with Crippen LogP contribution in [0.2, 0.25) is 5.02 Å². The molecule has 1 heterocycles. The molecular formula is C17H14ClNO4. The maximum atomic E-state index is 12.1. The summed E-state index contributed by atoms with van der Waals surface area (Å²) in [6, 6.07) is 9.89. The predicted molar refractivity (Wildman–Crippen MR) is 86.6 cm³/mol. The van der Waals surface area contributed by atoms with Crippen LogP contribution in [0.5, 0.6) is 11.5 Å². The number of aryl methyl sites for hydroxylation is 1. The van der Waals surface area contributed by atoms with Gasteiger partial charge in [0.2, 0.25) is 0 Å². The van der Waals surface area contributed by atoms with Crippen molar-refractivity contribution in [2.24, 2.45) is 0 Å². The molecule has 1 amide bonds. The zero-order valence-corrected chi connectivity index (χ0v) is 13.1. The highest BCUT2D eigenvalue weighted by molar-refractivity contribution is 6.47. The van der Waals surface area contributed by atoms with Crippen LogP contribution in [-0.2, 0) is 4.79 Å². The number of nitrogens with one attached hydrogen (secondary N) is 1. The van der Waals surface area contributed by atoms with Crippen molar-refractivity contribution in [1.29, 1.82) is 0 Å². The molecule has 1 N–H and O–H groups in total. The largest absolute Gasteiger partial charge is 0.486 e. The molecule has 6 heteroatoms. The number of ketones is 1. The van der Waals surface area contributed by atoms with E-state index in [1.807, 2.05) is 6.92 Å². The zero-order chi connectivity index (χ0) is 16.4. The molecule has 0 bridgehead atoms. The van der Waals surface area contributed by atoms with Crippen LogP contribution in [0.15, 0.2) is 36.4 Å². The number of hydrogen-bond acceptors (Lipinski definition) is 4. The second-order valence-corrected chi connectivity index (χ2v) is 5.53. The Morgan fingerprint density at radius 1 is 1.04 bits per heavy atom. The van der Waals surface area contributed by atoms with Crippen LogP contribution in [-0.4, -0.2) is 24.9 Å². The molecule has 0 fully saturated rings. The Kier molecular flexibility index (Phi) is 4.21. The normalized spacial score (nSPS) is 12.6. The summed E-state index contributed by atoms with van der Waals surface area (Å²) in [4.78, 5) is 24.3. The van der Waals surface area contributed by atoms with Crippen molar-refractivity contribution in [1.82, 2.24) is 0 Å². The van der Waals surface area contributed by atoms with Crippen LogP contribution in [0.3, 0.4) is 0 Å². The predicted octanol–water partition coefficient (Wildman–Crippen LogP) is 3.24. The van der Waals surface area contributed by atoms with Gasteiger partial charge in [-0.15, -0.1) is 0 Å². The van der Waals surface area contributed by atoms with Gasteiger partial charge in [-0.25, -0.2) is 0 Å². The monoisotopic (exact) mass is 331 g/mol. The van der Waals surface area contributed by atoms with Crippen molar-refractivity contribution in [3.63, 3.8) is 0 Å². The van der Waals surface area contributed by atoms with E-state index in [0.29, 0.717) is 36.0 Å². The van der Waals surface area contributed by atoms with Gasteiger partial charge in [0.25, 0.3) is 11.7 Å². The number of halogens is 1. The molecule has 2 aromatic rings. The molecule has 0 atom stereocenters. The van der Waals surface area contributed by atoms with E-state index in [-0.39, 0.29) is 5.02 Å². The summed E-state index contributed by atoms with van der Waals surface area (Å²) in [5.74, 6) is -0.383. The van der Waals surface area contributed by atoms with Gasteiger partial charge in [0, 0.05) is 17.7 Å². The molecule has 2 aromatic carbocycles. The average Bonchev–Trinajstić information content (AvgIpc) is 2.55. The maximum Gasteiger partial charge on any atom is 0.296 e. The van der Waals surface area contributed by atoms with Gasteiger partial charge in [0.05, 0.1) is 10.7 Å². The fraction of sp³-hybridized carbons (Fsp3) is 0.176. The summed E-state index contributed by atoms with van der Waals surface area (Å²) < 4.78 is 10.8. The lowest BCUT2D eigenvalue weighted by Gasteiger charge is -2.19. The fourth-order valence-corrected chi connectivity index (χ4v) is 2.38. The van der Waals surface area contributed by atoms with E-state index in [1.54, 1.807) is 36.4 Å². The zero-order valence-electron chi connectivity index (χ0n) is 12.4. The highest BCUT2D eigenvalue weighted by atomic mass is 35.5. The number of fused-ring (bicyclic) bond motifs is 1. The van der Waals surface area contributed by atoms with E-state index in [9.17, 15) is 9.59 Å². The standard InChI is InChI=1S/C17H14ClNO4/c1-10-2-4-11(5-3-10)16(20)17(21)19-13-9-15-14(8-12(13)18)22-6-7-23-15/h2-5,8-9H,6-7H2,1H3,(H,19,21). The number of hydrogen-bond donors (Lipinski definition) is 1. The highest BCUT2D eigenvalue weighted by Crippen LogP contribution is 2.37. The van der Waals surface area contributed by atoms with Crippen molar-refractivity contribution < 1.29 is 19.1 Å². The minimum absolute atomic E-state index is 0.277. The summed E-state index contributed by atoms with van der Waals surface area (Å²) in [5.41, 5.74) is 1.64. The van der Waals surface area contributed by atoms with Crippen molar-refractivity contribution in [3.05, 3.63) is 52.5 Å². The fourth-order valence-electron chi connectivity index (χ4n) is 2.17. The van der Waals surface area contributed by atoms with E-state index in [1.165, 1.54) is 0 Å². The lowest BCUT2D eigenvalue weighted by atomic mass is 10.1. The number of amides is 1. The Bertz CT molecular complexity index is 771. The molecule has 1 aliphatic rings. The number of Topliss-reactive ketones (excluding diaryl/α,β-unsaturated/α-hetero) is 1. The van der Waals surface area contributed by atoms with Crippen molar-refractivity contribution >= 4 is 29.0 Å². The molecule has 5 nitrogen and oxygen atoms in total. The Morgan fingerprint density at radius 2 is 1.65 bits per heavy atom. The van der Waals surface area contributed by atoms with Crippen LogP contribution in [0.1, 0.15) is 15.9 Å². The molecule has 0 unspecified atom stereocenters. The molecule has 0 saturated heterocycles. The third-order valence-electron chi connectivity index (χ3n) is 3.40. The van der Waals surface area contributed by atoms with Gasteiger partial charge in [-0.1, -0.05) is 41.4 Å². The summed E-state index contributed by atoms with van der Waals surface area (Å²) in [5, 5.41) is 2.79. The number of anilines is 1. The lowest BCUT2D eigenvalue weighted by Crippen LogP contribution is -2.23. The highest BCUT2D eigenvalue weighted by Gasteiger charge is 2.20. The minimum atomic E-state index is -0.757. The topological polar surface area (TPSA) is 64.6 Å². The molecule has 0 aromatic heterocycles. The third kappa shape index (κ3) is 3.29. The van der Waals surface area contributed by atoms with E-state index in [2.05, 4.69) is 5.32 Å². The molecule has 0 saturated carbocycles. The van der Waals surface area contributed by atoms with E-state index in [0.717, 1.165) is 5.56 Å². The molecule has 0 radical (unpaired) electrons. The number of ether oxygens (including phenoxy) is 2. The quantitative estimate of drug-likeness (QED) is 0.692. The average molecular weight is 332 g/mol. The van der Waals surface area contributed by atoms with Gasteiger partial charge >= 0.3 is 0 Å². The van der Waals surface area contributed by atoms with Crippen LogP contribution in [0.4, 0.5) is 5.69 Å². The molecule has 3 rings (SSSR count). The van der Waals surface area contributed by atoms with Crippen LogP contribution in [0, 0.1) is 6.92 Å². The third-order valence-corrected chi connectivity index (χ3v) is 3.71. The number of rotatable bonds is 3. The molecular weight excluding hydrogens is 318 g/mol. The van der Waals surface area contributed by atoms with Gasteiger partial charge in [0.15, 0.2) is 11.5 Å². The number of benzene rings is 2. The molecule has 0 spiro atoms. The second-order valence-electron chi connectivity index (χ2n) is 5.12. The number of carbonyl (C=O) groups excluding carboxylic acids is 2. The van der Waals surface area contributed by atoms with Crippen molar-refractivity contribution in [2.75, 3.05) is 18.5 Å². The van der Waals surface area contributed by atoms with Gasteiger partial charge in [-0.3, -0.25) is 9.59 Å². The molecule has 23 heavy (non-hydrogen) atoms. The van der Waals surface area contributed by atoms with Crippen molar-refractivity contribution in [3.8, 4) is 11.5 Å². The maximum absolute atomic E-state index is 12.1. The Balaban J connectivity index is 1.79. The van der Waals surface area contributed by atoms with Crippen LogP contribution >= 0.6 is 11.6 Å². The molecule has 0 aliphatic carbocycles. The Hall–Kier alpha value is -2.53. The summed E-state index contributed by atoms with van der Waals surface area (Å²) in [6.07, 6.45) is 0. The lowest BCUT2D eigenvalue weighted by molar-refractivity contribution is -0.112. The summed E-state index contributed by atoms with van der Waals surface area (Å²) in [6.45, 7) is 2.77. The SMILES string of the molecule is Cc1ccc(C(=O)C(=O)Nc2cc3c(cc2Cl)OCCO3)cc1. The smallest absolute Gasteiger partial charge is 0.296 e. The van der Waals surface area contributed by atoms with Crippen LogP contribution in [0.25, 0.3) is 0 Å². The first-order valence-corrected chi connectivity index (χ1v) is 7.44. The number of carbonyl (C=O) groups is 2. The van der Waals surface area contributed by atoms with E-state index >= 15 is 0 Å². The van der Waals surface area contributed by atoms with Crippen LogP contribution < -0.4 is 14.8 Å². The van der Waals surface area contributed by atoms with Gasteiger partial charge in [0.1, 0.15) is 13.2 Å². The first-order chi connectivity index (χ1) is 11.0. The van der Waals surface area contributed by atoms with Gasteiger partial charge in [-0.05, 0) is 6.92 Å². The van der Waals surface area contributed by atoms with E-state index in [4.69, 9.17) is 21.1 Å². The van der Waals surface area contributed by atoms with Gasteiger partial charge < -0.3 is 14.8 Å². The minimum Gasteiger partial charge on any atom is -0.486 e. The molecule has 1 aliphatic heterocycles. The Morgan fingerprint density at radius 3 is 2.30 bits per heavy atom. The summed E-state index contributed by atoms with van der Waals surface area (Å²) >= 11 is 6.12. The van der Waals surface area contributed by atoms with Crippen molar-refractivity contribution in [2.45, 2.75) is 6.92 Å². The second kappa shape index (κ2) is 6.30. The van der Waals surface area contributed by atoms with E-state index < -0.39 is 11.7 Å². The first-order valence-electron chi connectivity index (χ1n) is 7.06. The van der Waals surface area contributed by atoms with Gasteiger partial charge in [-0.2, -0.15) is 0 Å². The molecule has 118 valence electrons. The Labute approximate surface area is 138 Å². The summed E-state index contributed by atoms with van der Waals surface area (Å²) in [7, 11) is 0. The first kappa shape index (κ1) is 15.4.